The van der Waals surface area contributed by atoms with Gasteiger partial charge in [0.15, 0.2) is 11.5 Å². The van der Waals surface area contributed by atoms with Crippen LogP contribution >= 0.6 is 0 Å². The summed E-state index contributed by atoms with van der Waals surface area (Å²) in [7, 11) is 3.04. The topological polar surface area (TPSA) is 113 Å². The molecule has 0 radical (unpaired) electrons. The SMILES string of the molecule is COc1ccc(/C=N/NC2=NC(CC(=O)Nc3c(F)cccc3F)C(=O)N2)cc1OC. The lowest BCUT2D eigenvalue weighted by Crippen LogP contribution is -2.35. The molecule has 0 bridgehead atoms. The Hall–Kier alpha value is -4.02. The fraction of sp³-hybridized carbons (Fsp3) is 0.200. The van der Waals surface area contributed by atoms with E-state index in [1.54, 1.807) is 18.2 Å². The van der Waals surface area contributed by atoms with Crippen LogP contribution in [0, 0.1) is 11.6 Å². The average molecular weight is 431 g/mol. The molecule has 1 unspecified atom stereocenters. The maximum absolute atomic E-state index is 13.6. The van der Waals surface area contributed by atoms with Crippen molar-refractivity contribution in [2.75, 3.05) is 19.5 Å². The van der Waals surface area contributed by atoms with E-state index in [-0.39, 0.29) is 5.96 Å². The number of hydrazone groups is 1. The van der Waals surface area contributed by atoms with Gasteiger partial charge in [-0.25, -0.2) is 19.2 Å². The Labute approximate surface area is 176 Å². The number of amides is 2. The van der Waals surface area contributed by atoms with Crippen molar-refractivity contribution in [2.24, 2.45) is 10.1 Å². The van der Waals surface area contributed by atoms with Crippen LogP contribution in [-0.4, -0.2) is 44.2 Å². The molecule has 31 heavy (non-hydrogen) atoms. The van der Waals surface area contributed by atoms with Crippen molar-refractivity contribution >= 4 is 29.7 Å². The monoisotopic (exact) mass is 431 g/mol. The number of rotatable bonds is 7. The van der Waals surface area contributed by atoms with Crippen molar-refractivity contribution in [3.05, 3.63) is 53.6 Å². The molecule has 11 heteroatoms. The summed E-state index contributed by atoms with van der Waals surface area (Å²) >= 11 is 0. The van der Waals surface area contributed by atoms with Gasteiger partial charge in [-0.2, -0.15) is 5.10 Å². The average Bonchev–Trinajstić information content (AvgIpc) is 3.09. The van der Waals surface area contributed by atoms with Gasteiger partial charge in [-0.15, -0.1) is 0 Å². The standard InChI is InChI=1S/C20H19F2N5O4/c1-30-15-7-6-11(8-16(15)31-2)10-23-27-20-24-14(19(29)26-20)9-17(28)25-18-12(21)4-3-5-13(18)22/h3-8,10,14H,9H2,1-2H3,(H,25,28)(H2,24,26,27,29)/b23-10+. The van der Waals surface area contributed by atoms with Crippen LogP contribution in [0.25, 0.3) is 0 Å². The minimum atomic E-state index is -1.06. The highest BCUT2D eigenvalue weighted by atomic mass is 19.1. The number of benzene rings is 2. The van der Waals surface area contributed by atoms with Crippen LogP contribution < -0.4 is 25.5 Å². The van der Waals surface area contributed by atoms with Crippen molar-refractivity contribution in [3.8, 4) is 11.5 Å². The molecule has 0 saturated heterocycles. The molecule has 3 rings (SSSR count). The predicted octanol–water partition coefficient (Wildman–Crippen LogP) is 1.79. The Kier molecular flexibility index (Phi) is 6.75. The van der Waals surface area contributed by atoms with E-state index in [0.717, 1.165) is 12.1 Å². The molecule has 0 aliphatic carbocycles. The Balaban J connectivity index is 1.59. The number of aliphatic imine (C=N–C) groups is 1. The number of para-hydroxylation sites is 1. The first kappa shape index (κ1) is 21.7. The zero-order valence-corrected chi connectivity index (χ0v) is 16.6. The van der Waals surface area contributed by atoms with Crippen molar-refractivity contribution in [3.63, 3.8) is 0 Å². The third kappa shape index (κ3) is 5.32. The van der Waals surface area contributed by atoms with E-state index >= 15 is 0 Å². The predicted molar refractivity (Wildman–Crippen MR) is 109 cm³/mol. The van der Waals surface area contributed by atoms with E-state index < -0.39 is 41.6 Å². The van der Waals surface area contributed by atoms with Crippen molar-refractivity contribution in [2.45, 2.75) is 12.5 Å². The van der Waals surface area contributed by atoms with Gasteiger partial charge in [0.1, 0.15) is 23.4 Å². The van der Waals surface area contributed by atoms with E-state index in [0.29, 0.717) is 17.1 Å². The molecule has 2 amide bonds. The second-order valence-corrected chi connectivity index (χ2v) is 6.32. The van der Waals surface area contributed by atoms with Gasteiger partial charge in [-0.3, -0.25) is 14.9 Å². The molecule has 162 valence electrons. The Bertz CT molecular complexity index is 1040. The Morgan fingerprint density at radius 1 is 1.19 bits per heavy atom. The molecule has 0 fully saturated rings. The molecule has 0 saturated carbocycles. The van der Waals surface area contributed by atoms with E-state index in [9.17, 15) is 18.4 Å². The molecule has 1 aliphatic rings. The lowest BCUT2D eigenvalue weighted by Gasteiger charge is -2.08. The van der Waals surface area contributed by atoms with Crippen LogP contribution in [0.5, 0.6) is 11.5 Å². The van der Waals surface area contributed by atoms with E-state index in [1.165, 1.54) is 26.5 Å². The molecule has 3 N–H and O–H groups in total. The summed E-state index contributed by atoms with van der Waals surface area (Å²) < 4.78 is 37.6. The molecule has 2 aromatic rings. The molecule has 1 atom stereocenters. The molecule has 9 nitrogen and oxygen atoms in total. The largest absolute Gasteiger partial charge is 0.493 e. The van der Waals surface area contributed by atoms with E-state index in [2.05, 4.69) is 26.2 Å². The number of halogens is 2. The quantitative estimate of drug-likeness (QED) is 0.457. The van der Waals surface area contributed by atoms with Crippen LogP contribution in [0.3, 0.4) is 0 Å². The molecule has 0 spiro atoms. The number of carbonyl (C=O) groups is 2. The lowest BCUT2D eigenvalue weighted by atomic mass is 10.2. The second-order valence-electron chi connectivity index (χ2n) is 6.32. The van der Waals surface area contributed by atoms with Gasteiger partial charge in [-0.1, -0.05) is 6.07 Å². The summed E-state index contributed by atoms with van der Waals surface area (Å²) in [6.45, 7) is 0. The van der Waals surface area contributed by atoms with Crippen LogP contribution in [-0.2, 0) is 9.59 Å². The van der Waals surface area contributed by atoms with Gasteiger partial charge in [-0.05, 0) is 35.9 Å². The number of carbonyl (C=O) groups excluding carboxylic acids is 2. The van der Waals surface area contributed by atoms with Gasteiger partial charge in [0, 0.05) is 0 Å². The highest BCUT2D eigenvalue weighted by Crippen LogP contribution is 2.26. The zero-order chi connectivity index (χ0) is 22.4. The van der Waals surface area contributed by atoms with Crippen LogP contribution in [0.15, 0.2) is 46.5 Å². The Morgan fingerprint density at radius 3 is 2.58 bits per heavy atom. The molecule has 1 aliphatic heterocycles. The maximum atomic E-state index is 13.6. The minimum Gasteiger partial charge on any atom is -0.493 e. The van der Waals surface area contributed by atoms with Crippen molar-refractivity contribution < 1.29 is 27.8 Å². The second kappa shape index (κ2) is 9.65. The van der Waals surface area contributed by atoms with Gasteiger partial charge < -0.3 is 14.8 Å². The van der Waals surface area contributed by atoms with Crippen LogP contribution in [0.1, 0.15) is 12.0 Å². The molecule has 1 heterocycles. The lowest BCUT2D eigenvalue weighted by molar-refractivity contribution is -0.123. The van der Waals surface area contributed by atoms with Gasteiger partial charge in [0.2, 0.25) is 11.9 Å². The third-order valence-electron chi connectivity index (χ3n) is 4.23. The van der Waals surface area contributed by atoms with Crippen molar-refractivity contribution in [1.29, 1.82) is 0 Å². The summed E-state index contributed by atoms with van der Waals surface area (Å²) in [5, 5.41) is 8.53. The van der Waals surface area contributed by atoms with Gasteiger partial charge >= 0.3 is 0 Å². The smallest absolute Gasteiger partial charge is 0.252 e. The van der Waals surface area contributed by atoms with Gasteiger partial charge in [0.05, 0.1) is 26.9 Å². The number of nitrogens with one attached hydrogen (secondary N) is 3. The summed E-state index contributed by atoms with van der Waals surface area (Å²) in [6, 6.07) is 7.30. The number of ether oxygens (including phenoxy) is 2. The molecule has 2 aromatic carbocycles. The maximum Gasteiger partial charge on any atom is 0.252 e. The Morgan fingerprint density at radius 2 is 1.90 bits per heavy atom. The number of guanidine groups is 1. The minimum absolute atomic E-state index is 0.0385. The summed E-state index contributed by atoms with van der Waals surface area (Å²) in [5.41, 5.74) is 2.68. The van der Waals surface area contributed by atoms with E-state index in [1.807, 2.05) is 0 Å². The van der Waals surface area contributed by atoms with Gasteiger partial charge in [0.25, 0.3) is 5.91 Å². The number of hydrogen-bond donors (Lipinski definition) is 3. The molecular formula is C20H19F2N5O4. The van der Waals surface area contributed by atoms with E-state index in [4.69, 9.17) is 9.47 Å². The summed E-state index contributed by atoms with van der Waals surface area (Å²) in [4.78, 5) is 28.1. The first-order valence-corrected chi connectivity index (χ1v) is 9.05. The fourth-order valence-electron chi connectivity index (χ4n) is 2.73. The first-order valence-electron chi connectivity index (χ1n) is 9.05. The highest BCUT2D eigenvalue weighted by Gasteiger charge is 2.29. The number of hydrogen-bond acceptors (Lipinski definition) is 7. The highest BCUT2D eigenvalue weighted by molar-refractivity contribution is 6.07. The summed E-state index contributed by atoms with van der Waals surface area (Å²) in [6.07, 6.45) is 1.07. The summed E-state index contributed by atoms with van der Waals surface area (Å²) in [5.74, 6) is -2.02. The normalized spacial score (nSPS) is 15.4. The number of anilines is 1. The number of methoxy groups -OCH3 is 2. The van der Waals surface area contributed by atoms with Crippen molar-refractivity contribution in [1.82, 2.24) is 10.7 Å². The zero-order valence-electron chi connectivity index (χ0n) is 16.6. The molecule has 0 aromatic heterocycles. The molecular weight excluding hydrogens is 412 g/mol. The van der Waals surface area contributed by atoms with Crippen LogP contribution in [0.2, 0.25) is 0 Å². The number of nitrogens with zero attached hydrogens (tertiary/aromatic N) is 2. The van der Waals surface area contributed by atoms with Crippen LogP contribution in [0.4, 0.5) is 14.5 Å². The third-order valence-corrected chi connectivity index (χ3v) is 4.23. The first-order chi connectivity index (χ1) is 14.9. The fourth-order valence-corrected chi connectivity index (χ4v) is 2.73.